The summed E-state index contributed by atoms with van der Waals surface area (Å²) in [6.45, 7) is 1.55. The predicted molar refractivity (Wildman–Crippen MR) is 130 cm³/mol. The molecule has 12 heteroatoms. The fourth-order valence-corrected chi connectivity index (χ4v) is 4.35. The van der Waals surface area contributed by atoms with Crippen molar-refractivity contribution in [3.63, 3.8) is 0 Å². The van der Waals surface area contributed by atoms with Gasteiger partial charge in [-0.1, -0.05) is 11.6 Å². The Bertz CT molecular complexity index is 1320. The van der Waals surface area contributed by atoms with Crippen LogP contribution in [-0.4, -0.2) is 33.9 Å². The van der Waals surface area contributed by atoms with Crippen LogP contribution in [0, 0.1) is 0 Å². The number of pyridine rings is 1. The molecule has 0 bridgehead atoms. The molecule has 2 heterocycles. The maximum atomic E-state index is 13.2. The van der Waals surface area contributed by atoms with Crippen molar-refractivity contribution in [2.24, 2.45) is 0 Å². The van der Waals surface area contributed by atoms with E-state index in [-0.39, 0.29) is 34.6 Å². The van der Waals surface area contributed by atoms with E-state index in [0.29, 0.717) is 16.1 Å². The number of urea groups is 1. The molecule has 1 aliphatic rings. The van der Waals surface area contributed by atoms with Crippen LogP contribution in [-0.2, 0) is 11.2 Å². The normalized spacial score (nSPS) is 17.8. The first kappa shape index (κ1) is 25.5. The number of amides is 4. The first-order valence-corrected chi connectivity index (χ1v) is 11.7. The zero-order chi connectivity index (χ0) is 26.1. The molecule has 1 aliphatic heterocycles. The molecular formula is C24H18ClF3N4O3S. The maximum Gasteiger partial charge on any atom is 0.446 e. The summed E-state index contributed by atoms with van der Waals surface area (Å²) in [6, 6.07) is 13.8. The van der Waals surface area contributed by atoms with Gasteiger partial charge in [-0.3, -0.25) is 9.59 Å². The lowest BCUT2D eigenvalue weighted by Crippen LogP contribution is -2.46. The zero-order valence-electron chi connectivity index (χ0n) is 18.6. The maximum absolute atomic E-state index is 13.2. The summed E-state index contributed by atoms with van der Waals surface area (Å²) in [5.41, 5.74) is -4.62. The van der Waals surface area contributed by atoms with Crippen molar-refractivity contribution < 1.29 is 27.6 Å². The van der Waals surface area contributed by atoms with Crippen molar-refractivity contribution in [2.75, 3.05) is 10.2 Å². The molecule has 3 aromatic rings. The predicted octanol–water partition coefficient (Wildman–Crippen LogP) is 5.66. The fraction of sp³-hybridized carbons (Fsp3) is 0.167. The molecule has 2 N–H and O–H groups in total. The Morgan fingerprint density at radius 3 is 2.42 bits per heavy atom. The van der Waals surface area contributed by atoms with Gasteiger partial charge in [0, 0.05) is 28.1 Å². The van der Waals surface area contributed by atoms with Gasteiger partial charge in [-0.2, -0.15) is 13.2 Å². The highest BCUT2D eigenvalue weighted by Crippen LogP contribution is 2.38. The molecule has 2 aromatic carbocycles. The second-order valence-corrected chi connectivity index (χ2v) is 9.71. The molecule has 4 rings (SSSR count). The summed E-state index contributed by atoms with van der Waals surface area (Å²) in [4.78, 5) is 43.2. The molecule has 0 saturated carbocycles. The van der Waals surface area contributed by atoms with Crippen molar-refractivity contribution in [1.82, 2.24) is 10.3 Å². The fourth-order valence-electron chi connectivity index (χ4n) is 3.69. The molecule has 1 saturated heterocycles. The van der Waals surface area contributed by atoms with Crippen LogP contribution in [0.3, 0.4) is 0 Å². The summed E-state index contributed by atoms with van der Waals surface area (Å²) in [5.74, 6) is -0.708. The quantitative estimate of drug-likeness (QED) is 0.315. The summed E-state index contributed by atoms with van der Waals surface area (Å²) in [7, 11) is 0. The van der Waals surface area contributed by atoms with Crippen molar-refractivity contribution in [2.45, 2.75) is 29.3 Å². The van der Waals surface area contributed by atoms with E-state index in [2.05, 4.69) is 15.6 Å². The standard InChI is InChI=1S/C24H18ClF3N4O3S/c1-23(13-14-10-11-29-19(12-14)30-20(33)15-2-4-16(25)5-3-15)21(34)32(22(35)31-23)17-6-8-18(9-7-17)36-24(26,27)28/h2-12H,13H2,1H3,(H,31,35)(H,29,30,33). The number of carbonyl (C=O) groups excluding carboxylic acids is 3. The van der Waals surface area contributed by atoms with Crippen LogP contribution in [0.1, 0.15) is 22.8 Å². The summed E-state index contributed by atoms with van der Waals surface area (Å²) in [6.07, 6.45) is 1.55. The van der Waals surface area contributed by atoms with Crippen LogP contribution in [0.25, 0.3) is 0 Å². The van der Waals surface area contributed by atoms with Crippen LogP contribution in [0.5, 0.6) is 0 Å². The topological polar surface area (TPSA) is 91.4 Å². The highest BCUT2D eigenvalue weighted by atomic mass is 35.5. The van der Waals surface area contributed by atoms with Gasteiger partial charge in [-0.05, 0) is 84.9 Å². The van der Waals surface area contributed by atoms with E-state index in [9.17, 15) is 27.6 Å². The molecule has 0 spiro atoms. The van der Waals surface area contributed by atoms with Gasteiger partial charge < -0.3 is 10.6 Å². The van der Waals surface area contributed by atoms with E-state index in [4.69, 9.17) is 11.6 Å². The number of benzene rings is 2. The number of aromatic nitrogens is 1. The molecule has 1 unspecified atom stereocenters. The SMILES string of the molecule is CC1(Cc2ccnc(NC(=O)c3ccc(Cl)cc3)c2)NC(=O)N(c2ccc(SC(F)(F)F)cc2)C1=O. The monoisotopic (exact) mass is 534 g/mol. The van der Waals surface area contributed by atoms with Gasteiger partial charge in [0.25, 0.3) is 11.8 Å². The number of thioether (sulfide) groups is 1. The number of nitrogens with one attached hydrogen (secondary N) is 2. The van der Waals surface area contributed by atoms with Gasteiger partial charge in [0.1, 0.15) is 11.4 Å². The first-order valence-electron chi connectivity index (χ1n) is 10.5. The number of hydrogen-bond donors (Lipinski definition) is 2. The highest BCUT2D eigenvalue weighted by molar-refractivity contribution is 8.00. The third-order valence-corrected chi connectivity index (χ3v) is 6.31. The van der Waals surface area contributed by atoms with E-state index < -0.39 is 28.9 Å². The Balaban J connectivity index is 1.48. The third-order valence-electron chi connectivity index (χ3n) is 5.32. The smallest absolute Gasteiger partial charge is 0.323 e. The number of hydrogen-bond acceptors (Lipinski definition) is 5. The molecular weight excluding hydrogens is 517 g/mol. The van der Waals surface area contributed by atoms with E-state index in [1.165, 1.54) is 30.5 Å². The summed E-state index contributed by atoms with van der Waals surface area (Å²) >= 11 is 5.56. The Labute approximate surface area is 213 Å². The van der Waals surface area contributed by atoms with Crippen LogP contribution >= 0.6 is 23.4 Å². The minimum absolute atomic E-state index is 0.0639. The van der Waals surface area contributed by atoms with E-state index in [1.807, 2.05) is 0 Å². The number of rotatable bonds is 6. The molecule has 0 aliphatic carbocycles. The molecule has 0 radical (unpaired) electrons. The number of alkyl halides is 3. The third kappa shape index (κ3) is 5.80. The van der Waals surface area contributed by atoms with Crippen LogP contribution in [0.4, 0.5) is 29.5 Å². The lowest BCUT2D eigenvalue weighted by Gasteiger charge is -2.22. The van der Waals surface area contributed by atoms with Crippen LogP contribution in [0.15, 0.2) is 71.8 Å². The van der Waals surface area contributed by atoms with Crippen molar-refractivity contribution >= 4 is 52.7 Å². The number of nitrogens with zero attached hydrogens (tertiary/aromatic N) is 2. The molecule has 7 nitrogen and oxygen atoms in total. The van der Waals surface area contributed by atoms with Gasteiger partial charge in [0.2, 0.25) is 0 Å². The lowest BCUT2D eigenvalue weighted by atomic mass is 9.93. The highest BCUT2D eigenvalue weighted by Gasteiger charge is 2.48. The molecule has 36 heavy (non-hydrogen) atoms. The summed E-state index contributed by atoms with van der Waals surface area (Å²) in [5, 5.41) is 5.82. The summed E-state index contributed by atoms with van der Waals surface area (Å²) < 4.78 is 37.7. The van der Waals surface area contributed by atoms with Crippen LogP contribution < -0.4 is 15.5 Å². The molecule has 1 aromatic heterocycles. The average Bonchev–Trinajstić information content (AvgIpc) is 3.01. The minimum Gasteiger partial charge on any atom is -0.323 e. The van der Waals surface area contributed by atoms with Gasteiger partial charge in [-0.25, -0.2) is 14.7 Å². The molecule has 186 valence electrons. The van der Waals surface area contributed by atoms with Crippen LogP contribution in [0.2, 0.25) is 5.02 Å². The lowest BCUT2D eigenvalue weighted by molar-refractivity contribution is -0.121. The number of halogens is 4. The Morgan fingerprint density at radius 2 is 1.78 bits per heavy atom. The van der Waals surface area contributed by atoms with Gasteiger partial charge in [-0.15, -0.1) is 0 Å². The van der Waals surface area contributed by atoms with E-state index in [0.717, 1.165) is 4.90 Å². The van der Waals surface area contributed by atoms with Gasteiger partial charge >= 0.3 is 11.5 Å². The van der Waals surface area contributed by atoms with E-state index >= 15 is 0 Å². The van der Waals surface area contributed by atoms with Gasteiger partial charge in [0.15, 0.2) is 0 Å². The van der Waals surface area contributed by atoms with Crippen molar-refractivity contribution in [1.29, 1.82) is 0 Å². The second-order valence-electron chi connectivity index (χ2n) is 8.13. The molecule has 1 fully saturated rings. The van der Waals surface area contributed by atoms with E-state index in [1.54, 1.807) is 43.3 Å². The number of anilines is 2. The van der Waals surface area contributed by atoms with Gasteiger partial charge in [0.05, 0.1) is 5.69 Å². The minimum atomic E-state index is -4.45. The number of carbonyl (C=O) groups is 3. The first-order chi connectivity index (χ1) is 16.9. The zero-order valence-corrected chi connectivity index (χ0v) is 20.2. The van der Waals surface area contributed by atoms with Crippen molar-refractivity contribution in [3.05, 3.63) is 83.0 Å². The Kier molecular flexibility index (Phi) is 6.96. The van der Waals surface area contributed by atoms with Crippen molar-refractivity contribution in [3.8, 4) is 0 Å². The molecule has 1 atom stereocenters. The molecule has 4 amide bonds. The number of imide groups is 1. The second kappa shape index (κ2) is 9.82. The Hall–Kier alpha value is -3.57. The largest absolute Gasteiger partial charge is 0.446 e. The Morgan fingerprint density at radius 1 is 1.11 bits per heavy atom. The average molecular weight is 535 g/mol.